The number of hydrogen-bond donors (Lipinski definition) is 0. The van der Waals surface area contributed by atoms with Crippen LogP contribution in [0.2, 0.25) is 0 Å². The SMILES string of the molecule is CCC([SiH2]OC)c1ccccc1. The van der Waals surface area contributed by atoms with Crippen LogP contribution in [0.1, 0.15) is 24.4 Å². The second kappa shape index (κ2) is 5.12. The lowest BCUT2D eigenvalue weighted by atomic mass is 10.1. The van der Waals surface area contributed by atoms with E-state index < -0.39 is 0 Å². The average Bonchev–Trinajstić information content (AvgIpc) is 2.15. The van der Waals surface area contributed by atoms with Crippen LogP contribution in [-0.4, -0.2) is 16.9 Å². The molecule has 0 N–H and O–H groups in total. The molecule has 0 aromatic heterocycles. The lowest BCUT2D eigenvalue weighted by Gasteiger charge is -2.12. The van der Waals surface area contributed by atoms with Gasteiger partial charge in [0, 0.05) is 7.11 Å². The van der Waals surface area contributed by atoms with E-state index in [9.17, 15) is 0 Å². The van der Waals surface area contributed by atoms with Crippen molar-refractivity contribution in [2.24, 2.45) is 0 Å². The largest absolute Gasteiger partial charge is 0.427 e. The highest BCUT2D eigenvalue weighted by Crippen LogP contribution is 2.17. The molecule has 0 aliphatic heterocycles. The highest BCUT2D eigenvalue weighted by Gasteiger charge is 2.08. The number of rotatable bonds is 4. The quantitative estimate of drug-likeness (QED) is 0.643. The zero-order valence-electron chi connectivity index (χ0n) is 7.79. The minimum absolute atomic E-state index is 0.363. The van der Waals surface area contributed by atoms with Gasteiger partial charge in [0.05, 0.1) is 0 Å². The highest BCUT2D eigenvalue weighted by atomic mass is 28.2. The van der Waals surface area contributed by atoms with Crippen molar-refractivity contribution in [1.82, 2.24) is 0 Å². The van der Waals surface area contributed by atoms with Gasteiger partial charge in [-0.2, -0.15) is 0 Å². The Morgan fingerprint density at radius 2 is 2.00 bits per heavy atom. The summed E-state index contributed by atoms with van der Waals surface area (Å²) < 4.78 is 5.29. The third kappa shape index (κ3) is 2.46. The Morgan fingerprint density at radius 1 is 1.33 bits per heavy atom. The number of benzene rings is 1. The first-order chi connectivity index (χ1) is 5.88. The third-order valence-corrected chi connectivity index (χ3v) is 3.92. The molecule has 1 unspecified atom stereocenters. The summed E-state index contributed by atoms with van der Waals surface area (Å²) in [5, 5.41) is 0. The first-order valence-corrected chi connectivity index (χ1v) is 5.81. The molecule has 1 aromatic carbocycles. The zero-order chi connectivity index (χ0) is 8.81. The van der Waals surface area contributed by atoms with E-state index in [2.05, 4.69) is 37.3 Å². The van der Waals surface area contributed by atoms with Gasteiger partial charge in [-0.15, -0.1) is 0 Å². The molecule has 1 aromatic rings. The fraction of sp³-hybridized carbons (Fsp3) is 0.400. The molecule has 0 saturated carbocycles. The Balaban J connectivity index is 2.66. The fourth-order valence-corrected chi connectivity index (χ4v) is 2.48. The van der Waals surface area contributed by atoms with Gasteiger partial charge in [-0.05, 0) is 11.1 Å². The van der Waals surface area contributed by atoms with Crippen molar-refractivity contribution in [1.29, 1.82) is 0 Å². The van der Waals surface area contributed by atoms with Crippen molar-refractivity contribution >= 4 is 9.76 Å². The van der Waals surface area contributed by atoms with Gasteiger partial charge in [0.2, 0.25) is 0 Å². The average molecular weight is 180 g/mol. The molecule has 0 fully saturated rings. The van der Waals surface area contributed by atoms with Crippen LogP contribution in [0.5, 0.6) is 0 Å². The van der Waals surface area contributed by atoms with Crippen molar-refractivity contribution in [3.8, 4) is 0 Å². The smallest absolute Gasteiger partial charge is 0.168 e. The molecular weight excluding hydrogens is 164 g/mol. The van der Waals surface area contributed by atoms with E-state index in [-0.39, 0.29) is 9.76 Å². The van der Waals surface area contributed by atoms with Crippen LogP contribution in [0.3, 0.4) is 0 Å². The molecule has 12 heavy (non-hydrogen) atoms. The maximum atomic E-state index is 5.29. The minimum atomic E-state index is -0.363. The lowest BCUT2D eigenvalue weighted by Crippen LogP contribution is -2.08. The third-order valence-electron chi connectivity index (χ3n) is 2.13. The zero-order valence-corrected chi connectivity index (χ0v) is 9.20. The van der Waals surface area contributed by atoms with E-state index in [4.69, 9.17) is 4.43 Å². The Kier molecular flexibility index (Phi) is 4.04. The summed E-state index contributed by atoms with van der Waals surface area (Å²) in [6.45, 7) is 2.23. The van der Waals surface area contributed by atoms with Crippen LogP contribution < -0.4 is 0 Å². The van der Waals surface area contributed by atoms with Crippen LogP contribution in [0.15, 0.2) is 30.3 Å². The highest BCUT2D eigenvalue weighted by molar-refractivity contribution is 6.29. The molecule has 0 aliphatic carbocycles. The summed E-state index contributed by atoms with van der Waals surface area (Å²) in [4.78, 5) is 0. The van der Waals surface area contributed by atoms with Gasteiger partial charge in [-0.3, -0.25) is 0 Å². The molecule has 0 saturated heterocycles. The predicted octanol–water partition coefficient (Wildman–Crippen LogP) is 1.87. The molecule has 0 aliphatic rings. The minimum Gasteiger partial charge on any atom is -0.427 e. The molecule has 0 amide bonds. The van der Waals surface area contributed by atoms with Crippen molar-refractivity contribution < 1.29 is 4.43 Å². The normalized spacial score (nSPS) is 13.8. The predicted molar refractivity (Wildman–Crippen MR) is 55.0 cm³/mol. The summed E-state index contributed by atoms with van der Waals surface area (Å²) >= 11 is 0. The van der Waals surface area contributed by atoms with Gasteiger partial charge in [0.1, 0.15) is 0 Å². The van der Waals surface area contributed by atoms with E-state index in [0.29, 0.717) is 5.54 Å². The Bertz CT molecular complexity index is 210. The Morgan fingerprint density at radius 3 is 2.50 bits per heavy atom. The summed E-state index contributed by atoms with van der Waals surface area (Å²) in [7, 11) is 1.45. The second-order valence-corrected chi connectivity index (χ2v) is 4.87. The van der Waals surface area contributed by atoms with Gasteiger partial charge in [0.15, 0.2) is 9.76 Å². The Labute approximate surface area is 76.7 Å². The van der Waals surface area contributed by atoms with E-state index in [1.807, 2.05) is 7.11 Å². The topological polar surface area (TPSA) is 9.23 Å². The van der Waals surface area contributed by atoms with Gasteiger partial charge in [-0.25, -0.2) is 0 Å². The monoisotopic (exact) mass is 180 g/mol. The van der Waals surface area contributed by atoms with Gasteiger partial charge < -0.3 is 4.43 Å². The number of hydrogen-bond acceptors (Lipinski definition) is 1. The lowest BCUT2D eigenvalue weighted by molar-refractivity contribution is 0.430. The maximum Gasteiger partial charge on any atom is 0.168 e. The van der Waals surface area contributed by atoms with Gasteiger partial charge in [0.25, 0.3) is 0 Å². The Hall–Kier alpha value is -0.603. The molecule has 1 atom stereocenters. The maximum absolute atomic E-state index is 5.29. The fourth-order valence-electron chi connectivity index (χ4n) is 1.38. The van der Waals surface area contributed by atoms with E-state index in [1.54, 1.807) is 0 Å². The molecule has 2 heteroatoms. The van der Waals surface area contributed by atoms with Crippen LogP contribution in [0.4, 0.5) is 0 Å². The van der Waals surface area contributed by atoms with Crippen LogP contribution in [0, 0.1) is 0 Å². The van der Waals surface area contributed by atoms with Gasteiger partial charge in [-0.1, -0.05) is 43.7 Å². The van der Waals surface area contributed by atoms with Crippen molar-refractivity contribution in [2.45, 2.75) is 18.9 Å². The van der Waals surface area contributed by atoms with E-state index in [1.165, 1.54) is 12.0 Å². The summed E-state index contributed by atoms with van der Waals surface area (Å²) in [5.74, 6) is 0. The molecule has 0 spiro atoms. The first kappa shape index (κ1) is 9.48. The standard InChI is InChI=1S/C10H16OSi/c1-3-10(12-11-2)9-7-5-4-6-8-9/h4-8,10H,3,12H2,1-2H3. The molecule has 0 bridgehead atoms. The molecule has 0 heterocycles. The molecule has 1 nitrogen and oxygen atoms in total. The molecular formula is C10H16OSi. The van der Waals surface area contributed by atoms with Crippen molar-refractivity contribution in [3.05, 3.63) is 35.9 Å². The van der Waals surface area contributed by atoms with Crippen molar-refractivity contribution in [2.75, 3.05) is 7.11 Å². The first-order valence-electron chi connectivity index (χ1n) is 4.42. The summed E-state index contributed by atoms with van der Waals surface area (Å²) in [5.41, 5.74) is 2.13. The van der Waals surface area contributed by atoms with Gasteiger partial charge >= 0.3 is 0 Å². The van der Waals surface area contributed by atoms with E-state index >= 15 is 0 Å². The summed E-state index contributed by atoms with van der Waals surface area (Å²) in [6, 6.07) is 10.6. The summed E-state index contributed by atoms with van der Waals surface area (Å²) in [6.07, 6.45) is 1.20. The molecule has 0 radical (unpaired) electrons. The molecule has 66 valence electrons. The molecule has 1 rings (SSSR count). The second-order valence-electron chi connectivity index (χ2n) is 2.97. The van der Waals surface area contributed by atoms with Crippen molar-refractivity contribution in [3.63, 3.8) is 0 Å². The van der Waals surface area contributed by atoms with Crippen LogP contribution >= 0.6 is 0 Å². The van der Waals surface area contributed by atoms with E-state index in [0.717, 1.165) is 0 Å². The van der Waals surface area contributed by atoms with Crippen LogP contribution in [0.25, 0.3) is 0 Å². The van der Waals surface area contributed by atoms with Crippen LogP contribution in [-0.2, 0) is 4.43 Å².